The molecule has 0 atom stereocenters. The molecule has 0 radical (unpaired) electrons. The summed E-state index contributed by atoms with van der Waals surface area (Å²) >= 11 is 1.27. The SMILES string of the molecule is CN(C)c1cccc2c(S(=O)(=O)Nc3ccc(-c4csnn4)cc3)cccc12. The van der Waals surface area contributed by atoms with Crippen LogP contribution in [0.25, 0.3) is 22.0 Å². The monoisotopic (exact) mass is 410 g/mol. The Morgan fingerprint density at radius 3 is 2.32 bits per heavy atom. The van der Waals surface area contributed by atoms with E-state index in [4.69, 9.17) is 0 Å². The van der Waals surface area contributed by atoms with E-state index in [2.05, 4.69) is 14.3 Å². The molecule has 28 heavy (non-hydrogen) atoms. The second-order valence-electron chi connectivity index (χ2n) is 6.50. The molecule has 1 N–H and O–H groups in total. The third-order valence-electron chi connectivity index (χ3n) is 4.42. The van der Waals surface area contributed by atoms with Crippen molar-refractivity contribution >= 4 is 43.7 Å². The fourth-order valence-electron chi connectivity index (χ4n) is 3.10. The molecule has 0 amide bonds. The van der Waals surface area contributed by atoms with Gasteiger partial charge in [-0.15, -0.1) is 5.10 Å². The Morgan fingerprint density at radius 2 is 1.64 bits per heavy atom. The van der Waals surface area contributed by atoms with E-state index in [1.54, 1.807) is 24.3 Å². The number of rotatable bonds is 5. The predicted molar refractivity (Wildman–Crippen MR) is 114 cm³/mol. The number of anilines is 2. The molecule has 1 heterocycles. The third kappa shape index (κ3) is 3.44. The van der Waals surface area contributed by atoms with Crippen LogP contribution in [0.3, 0.4) is 0 Å². The van der Waals surface area contributed by atoms with Gasteiger partial charge in [0.15, 0.2) is 0 Å². The number of nitrogens with zero attached hydrogens (tertiary/aromatic N) is 3. The van der Waals surface area contributed by atoms with Crippen LogP contribution >= 0.6 is 11.5 Å². The first-order chi connectivity index (χ1) is 13.5. The van der Waals surface area contributed by atoms with Gasteiger partial charge in [-0.3, -0.25) is 4.72 Å². The molecular weight excluding hydrogens is 392 g/mol. The first kappa shape index (κ1) is 18.4. The van der Waals surface area contributed by atoms with Crippen molar-refractivity contribution in [2.45, 2.75) is 4.90 Å². The quantitative estimate of drug-likeness (QED) is 0.533. The summed E-state index contributed by atoms with van der Waals surface area (Å²) < 4.78 is 32.6. The summed E-state index contributed by atoms with van der Waals surface area (Å²) in [7, 11) is 0.133. The maximum atomic E-state index is 13.1. The first-order valence-electron chi connectivity index (χ1n) is 8.55. The zero-order valence-electron chi connectivity index (χ0n) is 15.3. The van der Waals surface area contributed by atoms with Gasteiger partial charge in [0.2, 0.25) is 0 Å². The highest BCUT2D eigenvalue weighted by molar-refractivity contribution is 7.93. The molecule has 6 nitrogen and oxygen atoms in total. The van der Waals surface area contributed by atoms with Crippen LogP contribution in [0.4, 0.5) is 11.4 Å². The Balaban J connectivity index is 1.70. The molecule has 142 valence electrons. The van der Waals surface area contributed by atoms with Crippen molar-refractivity contribution in [2.75, 3.05) is 23.7 Å². The Bertz CT molecular complexity index is 1220. The van der Waals surface area contributed by atoms with Gasteiger partial charge in [-0.25, -0.2) is 8.42 Å². The van der Waals surface area contributed by atoms with Crippen molar-refractivity contribution in [3.63, 3.8) is 0 Å². The van der Waals surface area contributed by atoms with Gasteiger partial charge in [-0.2, -0.15) is 0 Å². The molecule has 0 aliphatic rings. The van der Waals surface area contributed by atoms with Crippen molar-refractivity contribution in [3.05, 3.63) is 66.0 Å². The highest BCUT2D eigenvalue weighted by Gasteiger charge is 2.18. The summed E-state index contributed by atoms with van der Waals surface area (Å²) in [6.07, 6.45) is 0. The van der Waals surface area contributed by atoms with Gasteiger partial charge in [0.25, 0.3) is 10.0 Å². The molecule has 0 spiro atoms. The van der Waals surface area contributed by atoms with Crippen LogP contribution in [-0.2, 0) is 10.0 Å². The number of nitrogens with one attached hydrogen (secondary N) is 1. The normalized spacial score (nSPS) is 11.5. The molecule has 0 saturated heterocycles. The lowest BCUT2D eigenvalue weighted by atomic mass is 10.1. The van der Waals surface area contributed by atoms with Gasteiger partial charge < -0.3 is 4.90 Å². The van der Waals surface area contributed by atoms with Crippen molar-refractivity contribution in [2.24, 2.45) is 0 Å². The minimum atomic E-state index is -3.74. The lowest BCUT2D eigenvalue weighted by Gasteiger charge is -2.17. The lowest BCUT2D eigenvalue weighted by Crippen LogP contribution is -2.14. The Labute approximate surface area is 167 Å². The predicted octanol–water partition coefficient (Wildman–Crippen LogP) is 4.23. The molecular formula is C20H18N4O2S2. The average Bonchev–Trinajstić information content (AvgIpc) is 3.22. The van der Waals surface area contributed by atoms with Gasteiger partial charge in [0.1, 0.15) is 5.69 Å². The Morgan fingerprint density at radius 1 is 0.929 bits per heavy atom. The molecule has 4 rings (SSSR count). The van der Waals surface area contributed by atoms with E-state index >= 15 is 0 Å². The minimum absolute atomic E-state index is 0.251. The largest absolute Gasteiger partial charge is 0.377 e. The maximum absolute atomic E-state index is 13.1. The summed E-state index contributed by atoms with van der Waals surface area (Å²) in [5.41, 5.74) is 3.12. The molecule has 0 unspecified atom stereocenters. The number of aromatic nitrogens is 2. The van der Waals surface area contributed by atoms with Crippen molar-refractivity contribution in [3.8, 4) is 11.3 Å². The van der Waals surface area contributed by atoms with Gasteiger partial charge in [-0.05, 0) is 35.8 Å². The van der Waals surface area contributed by atoms with Crippen LogP contribution in [0.5, 0.6) is 0 Å². The van der Waals surface area contributed by atoms with Crippen molar-refractivity contribution < 1.29 is 8.42 Å². The van der Waals surface area contributed by atoms with Gasteiger partial charge >= 0.3 is 0 Å². The molecule has 0 aliphatic heterocycles. The number of benzene rings is 3. The van der Waals surface area contributed by atoms with Crippen LogP contribution in [0, 0.1) is 0 Å². The molecule has 0 fully saturated rings. The van der Waals surface area contributed by atoms with E-state index < -0.39 is 10.0 Å². The Kier molecular flexibility index (Phi) is 4.74. The van der Waals surface area contributed by atoms with E-state index in [-0.39, 0.29) is 4.90 Å². The van der Waals surface area contributed by atoms with E-state index in [1.165, 1.54) is 11.5 Å². The first-order valence-corrected chi connectivity index (χ1v) is 10.9. The average molecular weight is 411 g/mol. The van der Waals surface area contributed by atoms with Gasteiger partial charge in [-0.1, -0.05) is 40.9 Å². The second kappa shape index (κ2) is 7.21. The molecule has 0 bridgehead atoms. The molecule has 8 heteroatoms. The number of hydrogen-bond acceptors (Lipinski definition) is 6. The molecule has 1 aromatic heterocycles. The summed E-state index contributed by atoms with van der Waals surface area (Å²) in [6.45, 7) is 0. The number of sulfonamides is 1. The van der Waals surface area contributed by atoms with Crippen molar-refractivity contribution in [1.29, 1.82) is 0 Å². The number of fused-ring (bicyclic) bond motifs is 1. The highest BCUT2D eigenvalue weighted by Crippen LogP contribution is 2.31. The summed E-state index contributed by atoms with van der Waals surface area (Å²) in [4.78, 5) is 2.22. The lowest BCUT2D eigenvalue weighted by molar-refractivity contribution is 0.602. The summed E-state index contributed by atoms with van der Waals surface area (Å²) in [5.74, 6) is 0. The topological polar surface area (TPSA) is 75.2 Å². The molecule has 0 aliphatic carbocycles. The molecule has 3 aromatic carbocycles. The zero-order valence-corrected chi connectivity index (χ0v) is 17.0. The van der Waals surface area contributed by atoms with Crippen molar-refractivity contribution in [1.82, 2.24) is 9.59 Å². The maximum Gasteiger partial charge on any atom is 0.262 e. The van der Waals surface area contributed by atoms with E-state index in [0.717, 1.165) is 22.3 Å². The van der Waals surface area contributed by atoms with Crippen LogP contribution in [0.15, 0.2) is 70.9 Å². The Hall–Kier alpha value is -2.97. The smallest absolute Gasteiger partial charge is 0.262 e. The van der Waals surface area contributed by atoms with E-state index in [0.29, 0.717) is 11.1 Å². The molecule has 4 aromatic rings. The van der Waals surface area contributed by atoms with Gasteiger partial charge in [0.05, 0.1) is 4.90 Å². The highest BCUT2D eigenvalue weighted by atomic mass is 32.2. The minimum Gasteiger partial charge on any atom is -0.377 e. The summed E-state index contributed by atoms with van der Waals surface area (Å²) in [6, 6.07) is 18.1. The van der Waals surface area contributed by atoms with Crippen LogP contribution in [0.1, 0.15) is 0 Å². The number of hydrogen-bond donors (Lipinski definition) is 1. The second-order valence-corrected chi connectivity index (χ2v) is 8.76. The fourth-order valence-corrected chi connectivity index (χ4v) is 4.85. The summed E-state index contributed by atoms with van der Waals surface area (Å²) in [5, 5.41) is 7.44. The van der Waals surface area contributed by atoms with Crippen LogP contribution in [-0.4, -0.2) is 32.1 Å². The fraction of sp³-hybridized carbons (Fsp3) is 0.100. The van der Waals surface area contributed by atoms with Crippen LogP contribution < -0.4 is 9.62 Å². The van der Waals surface area contributed by atoms with E-state index in [1.807, 2.05) is 60.8 Å². The van der Waals surface area contributed by atoms with E-state index in [9.17, 15) is 8.42 Å². The zero-order chi connectivity index (χ0) is 19.7. The van der Waals surface area contributed by atoms with Crippen LogP contribution in [0.2, 0.25) is 0 Å². The molecule has 0 saturated carbocycles. The third-order valence-corrected chi connectivity index (χ3v) is 6.37. The van der Waals surface area contributed by atoms with Gasteiger partial charge in [0, 0.05) is 47.2 Å². The standard InChI is InChI=1S/C20H18N4O2S2/c1-24(2)19-7-3-6-17-16(19)5-4-8-20(17)28(25,26)22-15-11-9-14(10-12-15)18-13-27-23-21-18/h3-13,22H,1-2H3.